The lowest BCUT2D eigenvalue weighted by Crippen LogP contribution is -2.38. The van der Waals surface area contributed by atoms with Gasteiger partial charge in [0, 0.05) is 35.3 Å². The van der Waals surface area contributed by atoms with Gasteiger partial charge in [0.25, 0.3) is 0 Å². The third-order valence-corrected chi connectivity index (χ3v) is 7.17. The van der Waals surface area contributed by atoms with Crippen LogP contribution in [0.3, 0.4) is 0 Å². The number of halogens is 1. The van der Waals surface area contributed by atoms with Gasteiger partial charge in [-0.3, -0.25) is 4.90 Å². The second-order valence-electron chi connectivity index (χ2n) is 8.23. The molecule has 1 fully saturated rings. The first kappa shape index (κ1) is 26.1. The van der Waals surface area contributed by atoms with Gasteiger partial charge in [0.1, 0.15) is 12.4 Å². The Morgan fingerprint density at radius 2 is 1.61 bits per heavy atom. The zero-order valence-electron chi connectivity index (χ0n) is 20.4. The molecule has 0 saturated carbocycles. The monoisotopic (exact) mass is 527 g/mol. The molecule has 0 amide bonds. The molecule has 8 heteroatoms. The van der Waals surface area contributed by atoms with Gasteiger partial charge in [-0.15, -0.1) is 23.7 Å². The molecule has 0 radical (unpaired) electrons. The Balaban J connectivity index is 0.00000304. The number of hydrogen-bond donors (Lipinski definition) is 0. The maximum absolute atomic E-state index is 6.29. The molecule has 6 nitrogen and oxygen atoms in total. The van der Waals surface area contributed by atoms with Gasteiger partial charge in [-0.2, -0.15) is 0 Å². The van der Waals surface area contributed by atoms with E-state index in [1.165, 1.54) is 15.0 Å². The molecule has 0 aliphatic carbocycles. The summed E-state index contributed by atoms with van der Waals surface area (Å²) in [5.41, 5.74) is 1.07. The summed E-state index contributed by atoms with van der Waals surface area (Å²) < 4.78 is 30.1. The highest BCUT2D eigenvalue weighted by Gasteiger charge is 2.15. The molecular formula is C28H30ClNO5S. The van der Waals surface area contributed by atoms with Gasteiger partial charge in [0.05, 0.1) is 27.4 Å². The van der Waals surface area contributed by atoms with Crippen molar-refractivity contribution < 1.29 is 23.7 Å². The van der Waals surface area contributed by atoms with E-state index in [1.54, 1.807) is 25.6 Å². The summed E-state index contributed by atoms with van der Waals surface area (Å²) in [4.78, 5) is 3.52. The minimum Gasteiger partial charge on any atom is -0.493 e. The van der Waals surface area contributed by atoms with Gasteiger partial charge < -0.3 is 23.7 Å². The standard InChI is InChI=1S/C28H29NO5S.ClH/c1-30-23-9-7-21(28-18-20-5-3-4-6-27(20)35-28)17-26(23)34-24-10-8-22(19-25(24)31-2)33-16-13-29-11-14-32-15-12-29;/h3-10,17-19H,11-16H2,1-2H3;1H. The third kappa shape index (κ3) is 6.05. The van der Waals surface area contributed by atoms with Crippen LogP contribution in [0.2, 0.25) is 0 Å². The maximum Gasteiger partial charge on any atom is 0.170 e. The number of rotatable bonds is 9. The van der Waals surface area contributed by atoms with Crippen LogP contribution in [0.5, 0.6) is 28.7 Å². The van der Waals surface area contributed by atoms with Crippen LogP contribution in [0.4, 0.5) is 0 Å². The molecule has 0 N–H and O–H groups in total. The van der Waals surface area contributed by atoms with Crippen molar-refractivity contribution in [3.8, 4) is 39.2 Å². The zero-order chi connectivity index (χ0) is 24.0. The average molecular weight is 528 g/mol. The maximum atomic E-state index is 6.29. The molecule has 36 heavy (non-hydrogen) atoms. The highest BCUT2D eigenvalue weighted by molar-refractivity contribution is 7.22. The first-order valence-electron chi connectivity index (χ1n) is 11.7. The molecule has 0 bridgehead atoms. The van der Waals surface area contributed by atoms with Crippen molar-refractivity contribution in [2.24, 2.45) is 0 Å². The Hall–Kier alpha value is -2.97. The van der Waals surface area contributed by atoms with Crippen molar-refractivity contribution in [1.82, 2.24) is 4.90 Å². The highest BCUT2D eigenvalue weighted by Crippen LogP contribution is 2.42. The van der Waals surface area contributed by atoms with Crippen LogP contribution < -0.4 is 18.9 Å². The van der Waals surface area contributed by atoms with E-state index >= 15 is 0 Å². The lowest BCUT2D eigenvalue weighted by atomic mass is 10.1. The van der Waals surface area contributed by atoms with Crippen molar-refractivity contribution in [1.29, 1.82) is 0 Å². The van der Waals surface area contributed by atoms with Crippen LogP contribution in [-0.2, 0) is 4.74 Å². The Kier molecular flexibility index (Phi) is 8.93. The van der Waals surface area contributed by atoms with Gasteiger partial charge in [-0.1, -0.05) is 18.2 Å². The number of ether oxygens (including phenoxy) is 5. The summed E-state index contributed by atoms with van der Waals surface area (Å²) in [6.45, 7) is 4.94. The molecule has 4 aromatic rings. The summed E-state index contributed by atoms with van der Waals surface area (Å²) in [7, 11) is 3.27. The van der Waals surface area contributed by atoms with Crippen molar-refractivity contribution in [3.05, 3.63) is 66.7 Å². The van der Waals surface area contributed by atoms with Crippen LogP contribution in [0.25, 0.3) is 20.5 Å². The van der Waals surface area contributed by atoms with Crippen LogP contribution in [0.15, 0.2) is 66.7 Å². The Bertz CT molecular complexity index is 1260. The van der Waals surface area contributed by atoms with Crippen LogP contribution in [-0.4, -0.2) is 58.6 Å². The van der Waals surface area contributed by atoms with E-state index in [-0.39, 0.29) is 12.4 Å². The molecule has 0 atom stereocenters. The number of benzene rings is 3. The topological polar surface area (TPSA) is 49.4 Å². The van der Waals surface area contributed by atoms with Crippen LogP contribution in [0.1, 0.15) is 0 Å². The molecule has 1 aliphatic heterocycles. The van der Waals surface area contributed by atoms with E-state index in [0.29, 0.717) is 29.6 Å². The minimum atomic E-state index is 0. The molecular weight excluding hydrogens is 498 g/mol. The molecule has 1 aliphatic rings. The van der Waals surface area contributed by atoms with Gasteiger partial charge in [-0.05, 0) is 53.4 Å². The predicted molar refractivity (Wildman–Crippen MR) is 147 cm³/mol. The summed E-state index contributed by atoms with van der Waals surface area (Å²) in [5, 5.41) is 1.23. The predicted octanol–water partition coefficient (Wildman–Crippen LogP) is 6.51. The zero-order valence-corrected chi connectivity index (χ0v) is 22.0. The Morgan fingerprint density at radius 1 is 0.833 bits per heavy atom. The smallest absolute Gasteiger partial charge is 0.170 e. The first-order chi connectivity index (χ1) is 17.2. The van der Waals surface area contributed by atoms with E-state index in [9.17, 15) is 0 Å². The summed E-state index contributed by atoms with van der Waals surface area (Å²) in [5.74, 6) is 3.22. The minimum absolute atomic E-state index is 0. The van der Waals surface area contributed by atoms with Gasteiger partial charge >= 0.3 is 0 Å². The molecule has 2 heterocycles. The largest absolute Gasteiger partial charge is 0.493 e. The molecule has 1 aromatic heterocycles. The van der Waals surface area contributed by atoms with Crippen LogP contribution in [0, 0.1) is 0 Å². The molecule has 5 rings (SSSR count). The first-order valence-corrected chi connectivity index (χ1v) is 12.5. The van der Waals surface area contributed by atoms with E-state index in [2.05, 4.69) is 41.3 Å². The molecule has 0 unspecified atom stereocenters. The normalized spacial score (nSPS) is 13.7. The SMILES string of the molecule is COc1cc(OCCN2CCOCC2)ccc1Oc1cc(-c2cc3ccccc3s2)ccc1OC.Cl. The van der Waals surface area contributed by atoms with E-state index in [0.717, 1.165) is 44.2 Å². The van der Waals surface area contributed by atoms with Gasteiger partial charge in [0.2, 0.25) is 0 Å². The van der Waals surface area contributed by atoms with Crippen molar-refractivity contribution in [3.63, 3.8) is 0 Å². The van der Waals surface area contributed by atoms with E-state index in [4.69, 9.17) is 23.7 Å². The highest BCUT2D eigenvalue weighted by atomic mass is 35.5. The van der Waals surface area contributed by atoms with Crippen molar-refractivity contribution in [2.75, 3.05) is 53.7 Å². The number of fused-ring (bicyclic) bond motifs is 1. The second kappa shape index (κ2) is 12.3. The number of morpholine rings is 1. The summed E-state index contributed by atoms with van der Waals surface area (Å²) in [6, 6.07) is 22.2. The number of thiophene rings is 1. The fourth-order valence-electron chi connectivity index (χ4n) is 4.09. The molecule has 3 aromatic carbocycles. The number of hydrogen-bond acceptors (Lipinski definition) is 7. The van der Waals surface area contributed by atoms with E-state index in [1.807, 2.05) is 30.3 Å². The summed E-state index contributed by atoms with van der Waals surface area (Å²) in [6.07, 6.45) is 0. The third-order valence-electron chi connectivity index (χ3n) is 6.01. The molecule has 190 valence electrons. The Morgan fingerprint density at radius 3 is 2.39 bits per heavy atom. The Labute approximate surface area is 221 Å². The van der Waals surface area contributed by atoms with E-state index < -0.39 is 0 Å². The number of methoxy groups -OCH3 is 2. The summed E-state index contributed by atoms with van der Waals surface area (Å²) >= 11 is 1.76. The fourth-order valence-corrected chi connectivity index (χ4v) is 5.15. The lowest BCUT2D eigenvalue weighted by molar-refractivity contribution is 0.0322. The second-order valence-corrected chi connectivity index (χ2v) is 9.32. The molecule has 1 saturated heterocycles. The van der Waals surface area contributed by atoms with Crippen LogP contribution >= 0.6 is 23.7 Å². The van der Waals surface area contributed by atoms with Gasteiger partial charge in [0.15, 0.2) is 23.0 Å². The lowest BCUT2D eigenvalue weighted by Gasteiger charge is -2.26. The van der Waals surface area contributed by atoms with Crippen molar-refractivity contribution >= 4 is 33.8 Å². The molecule has 0 spiro atoms. The fraction of sp³-hybridized carbons (Fsp3) is 0.286. The average Bonchev–Trinajstić information content (AvgIpc) is 3.34. The van der Waals surface area contributed by atoms with Gasteiger partial charge in [-0.25, -0.2) is 0 Å². The number of nitrogens with zero attached hydrogens (tertiary/aromatic N) is 1. The quantitative estimate of drug-likeness (QED) is 0.247. The van der Waals surface area contributed by atoms with Crippen molar-refractivity contribution in [2.45, 2.75) is 0 Å².